The molecule has 1 aliphatic heterocycles. The number of nitrogens with zero attached hydrogens (tertiary/aromatic N) is 1. The third-order valence-corrected chi connectivity index (χ3v) is 3.15. The summed E-state index contributed by atoms with van der Waals surface area (Å²) >= 11 is 4.27. The van der Waals surface area contributed by atoms with Crippen molar-refractivity contribution in [3.8, 4) is 0 Å². The van der Waals surface area contributed by atoms with Gasteiger partial charge in [-0.3, -0.25) is 4.79 Å². The molecule has 2 rings (SSSR count). The molecule has 1 unspecified atom stereocenters. The second-order valence-electron chi connectivity index (χ2n) is 3.94. The van der Waals surface area contributed by atoms with Crippen molar-refractivity contribution >= 4 is 18.5 Å². The highest BCUT2D eigenvalue weighted by Crippen LogP contribution is 2.17. The lowest BCUT2D eigenvalue weighted by atomic mass is 10.1. The molecule has 1 aliphatic rings. The zero-order valence-electron chi connectivity index (χ0n) is 9.37. The Bertz CT molecular complexity index is 410. The number of carbonyl (C=O) groups is 1. The van der Waals surface area contributed by atoms with Gasteiger partial charge in [-0.2, -0.15) is 0 Å². The van der Waals surface area contributed by atoms with E-state index in [4.69, 9.17) is 9.84 Å². The number of morpholine rings is 1. The maximum atomic E-state index is 12.2. The minimum atomic E-state index is -0.278. The first kappa shape index (κ1) is 12.4. The second-order valence-corrected chi connectivity index (χ2v) is 4.43. The fourth-order valence-electron chi connectivity index (χ4n) is 1.84. The van der Waals surface area contributed by atoms with Crippen molar-refractivity contribution in [3.05, 3.63) is 29.8 Å². The predicted octanol–water partition coefficient (Wildman–Crippen LogP) is 0.809. The molecule has 1 fully saturated rings. The van der Waals surface area contributed by atoms with E-state index in [0.717, 1.165) is 0 Å². The number of rotatable bonds is 2. The third-order valence-electron chi connectivity index (χ3n) is 2.76. The van der Waals surface area contributed by atoms with Crippen molar-refractivity contribution in [2.45, 2.75) is 11.0 Å². The van der Waals surface area contributed by atoms with E-state index < -0.39 is 0 Å². The van der Waals surface area contributed by atoms with Crippen LogP contribution < -0.4 is 0 Å². The van der Waals surface area contributed by atoms with Gasteiger partial charge in [0.2, 0.25) is 0 Å². The van der Waals surface area contributed by atoms with Crippen molar-refractivity contribution in [1.82, 2.24) is 4.90 Å². The summed E-state index contributed by atoms with van der Waals surface area (Å²) < 4.78 is 5.31. The van der Waals surface area contributed by atoms with Gasteiger partial charge in [0.15, 0.2) is 0 Å². The molecule has 92 valence electrons. The molecule has 0 saturated carbocycles. The molecule has 5 heteroatoms. The first-order chi connectivity index (χ1) is 8.22. The standard InChI is InChI=1S/C12H15NO3S/c14-8-9-7-13(5-6-16-9)12(15)10-3-1-2-4-11(10)17/h1-4,9,14,17H,5-8H2. The molecular formula is C12H15NO3S. The van der Waals surface area contributed by atoms with Gasteiger partial charge in [-0.15, -0.1) is 12.6 Å². The molecular weight excluding hydrogens is 238 g/mol. The van der Waals surface area contributed by atoms with Crippen LogP contribution in [0.5, 0.6) is 0 Å². The van der Waals surface area contributed by atoms with Gasteiger partial charge in [0.25, 0.3) is 5.91 Å². The highest BCUT2D eigenvalue weighted by atomic mass is 32.1. The van der Waals surface area contributed by atoms with Crippen LogP contribution in [0, 0.1) is 0 Å². The molecule has 1 N–H and O–H groups in total. The summed E-state index contributed by atoms with van der Waals surface area (Å²) in [6.45, 7) is 1.38. The summed E-state index contributed by atoms with van der Waals surface area (Å²) in [5.74, 6) is -0.0580. The number of ether oxygens (including phenoxy) is 1. The Hall–Kier alpha value is -1.04. The summed E-state index contributed by atoms with van der Waals surface area (Å²) in [6, 6.07) is 7.21. The van der Waals surface area contributed by atoms with Crippen molar-refractivity contribution in [2.24, 2.45) is 0 Å². The van der Waals surface area contributed by atoms with E-state index in [1.165, 1.54) is 0 Å². The molecule has 0 aromatic heterocycles. The number of amides is 1. The van der Waals surface area contributed by atoms with Crippen molar-refractivity contribution in [2.75, 3.05) is 26.3 Å². The fourth-order valence-corrected chi connectivity index (χ4v) is 2.10. The SMILES string of the molecule is O=C(c1ccccc1S)N1CCOC(CO)C1. The van der Waals surface area contributed by atoms with Gasteiger partial charge >= 0.3 is 0 Å². The Balaban J connectivity index is 2.12. The molecule has 0 bridgehead atoms. The molecule has 1 heterocycles. The second kappa shape index (κ2) is 5.53. The lowest BCUT2D eigenvalue weighted by Crippen LogP contribution is -2.47. The Labute approximate surface area is 106 Å². The molecule has 17 heavy (non-hydrogen) atoms. The molecule has 0 radical (unpaired) electrons. The van der Waals surface area contributed by atoms with Crippen LogP contribution in [0.1, 0.15) is 10.4 Å². The molecule has 1 aromatic rings. The van der Waals surface area contributed by atoms with E-state index in [1.807, 2.05) is 12.1 Å². The van der Waals surface area contributed by atoms with Crippen LogP contribution in [0.15, 0.2) is 29.2 Å². The summed E-state index contributed by atoms with van der Waals surface area (Å²) in [5, 5.41) is 9.04. The minimum absolute atomic E-state index is 0.0580. The van der Waals surface area contributed by atoms with Gasteiger partial charge in [-0.1, -0.05) is 12.1 Å². The number of carbonyl (C=O) groups excluding carboxylic acids is 1. The monoisotopic (exact) mass is 253 g/mol. The van der Waals surface area contributed by atoms with Gasteiger partial charge in [0.1, 0.15) is 0 Å². The molecule has 1 aromatic carbocycles. The van der Waals surface area contributed by atoms with Gasteiger partial charge in [0, 0.05) is 18.0 Å². The maximum Gasteiger partial charge on any atom is 0.255 e. The van der Waals surface area contributed by atoms with Gasteiger partial charge < -0.3 is 14.7 Å². The van der Waals surface area contributed by atoms with E-state index in [0.29, 0.717) is 30.2 Å². The maximum absolute atomic E-state index is 12.2. The zero-order chi connectivity index (χ0) is 12.3. The first-order valence-corrected chi connectivity index (χ1v) is 5.97. The lowest BCUT2D eigenvalue weighted by molar-refractivity contribution is -0.0448. The topological polar surface area (TPSA) is 49.8 Å². The van der Waals surface area contributed by atoms with Crippen LogP contribution in [-0.2, 0) is 4.74 Å². The summed E-state index contributed by atoms with van der Waals surface area (Å²) in [5.41, 5.74) is 0.592. The number of aliphatic hydroxyl groups is 1. The first-order valence-electron chi connectivity index (χ1n) is 5.52. The van der Waals surface area contributed by atoms with Gasteiger partial charge in [-0.05, 0) is 12.1 Å². The lowest BCUT2D eigenvalue weighted by Gasteiger charge is -2.32. The van der Waals surface area contributed by atoms with Crippen LogP contribution in [0.2, 0.25) is 0 Å². The molecule has 1 amide bonds. The molecule has 0 spiro atoms. The number of thiol groups is 1. The molecule has 1 atom stereocenters. The number of aliphatic hydroxyl groups excluding tert-OH is 1. The molecule has 0 aliphatic carbocycles. The van der Waals surface area contributed by atoms with E-state index in [1.54, 1.807) is 17.0 Å². The van der Waals surface area contributed by atoms with E-state index in [9.17, 15) is 4.79 Å². The van der Waals surface area contributed by atoms with Crippen LogP contribution in [-0.4, -0.2) is 48.3 Å². The number of benzene rings is 1. The Morgan fingerprint density at radius 1 is 1.53 bits per heavy atom. The van der Waals surface area contributed by atoms with Gasteiger partial charge in [-0.25, -0.2) is 0 Å². The Morgan fingerprint density at radius 3 is 3.00 bits per heavy atom. The summed E-state index contributed by atoms with van der Waals surface area (Å²) in [7, 11) is 0. The third kappa shape index (κ3) is 2.80. The smallest absolute Gasteiger partial charge is 0.255 e. The summed E-state index contributed by atoms with van der Waals surface area (Å²) in [6.07, 6.45) is -0.278. The predicted molar refractivity (Wildman–Crippen MR) is 66.4 cm³/mol. The Morgan fingerprint density at radius 2 is 2.29 bits per heavy atom. The highest BCUT2D eigenvalue weighted by molar-refractivity contribution is 7.80. The normalized spacial score (nSPS) is 20.4. The number of hydrogen-bond acceptors (Lipinski definition) is 4. The largest absolute Gasteiger partial charge is 0.394 e. The number of hydrogen-bond donors (Lipinski definition) is 2. The van der Waals surface area contributed by atoms with Crippen molar-refractivity contribution < 1.29 is 14.6 Å². The molecule has 1 saturated heterocycles. The van der Waals surface area contributed by atoms with Crippen molar-refractivity contribution in [3.63, 3.8) is 0 Å². The van der Waals surface area contributed by atoms with Gasteiger partial charge in [0.05, 0.1) is 24.9 Å². The van der Waals surface area contributed by atoms with E-state index in [-0.39, 0.29) is 18.6 Å². The van der Waals surface area contributed by atoms with Crippen LogP contribution >= 0.6 is 12.6 Å². The average Bonchev–Trinajstić information content (AvgIpc) is 2.38. The molecule has 4 nitrogen and oxygen atoms in total. The average molecular weight is 253 g/mol. The van der Waals surface area contributed by atoms with E-state index in [2.05, 4.69) is 12.6 Å². The van der Waals surface area contributed by atoms with Crippen LogP contribution in [0.3, 0.4) is 0 Å². The van der Waals surface area contributed by atoms with Crippen LogP contribution in [0.25, 0.3) is 0 Å². The Kier molecular flexibility index (Phi) is 4.04. The fraction of sp³-hybridized carbons (Fsp3) is 0.417. The van der Waals surface area contributed by atoms with E-state index >= 15 is 0 Å². The zero-order valence-corrected chi connectivity index (χ0v) is 10.3. The minimum Gasteiger partial charge on any atom is -0.394 e. The van der Waals surface area contributed by atoms with Crippen molar-refractivity contribution in [1.29, 1.82) is 0 Å². The van der Waals surface area contributed by atoms with Crippen LogP contribution in [0.4, 0.5) is 0 Å². The summed E-state index contributed by atoms with van der Waals surface area (Å²) in [4.78, 5) is 14.6. The quantitative estimate of drug-likeness (QED) is 0.767. The highest BCUT2D eigenvalue weighted by Gasteiger charge is 2.25.